The van der Waals surface area contributed by atoms with E-state index in [1.807, 2.05) is 49.1 Å². The van der Waals surface area contributed by atoms with Gasteiger partial charge in [-0.05, 0) is 55.8 Å². The van der Waals surface area contributed by atoms with Gasteiger partial charge < -0.3 is 14.8 Å². The molecule has 1 aliphatic rings. The van der Waals surface area contributed by atoms with Crippen LogP contribution in [0.5, 0.6) is 0 Å². The average Bonchev–Trinajstić information content (AvgIpc) is 3.05. The van der Waals surface area contributed by atoms with E-state index in [9.17, 15) is 9.59 Å². The number of nitrogens with one attached hydrogen (secondary N) is 1. The Hall–Kier alpha value is -3.15. The molecule has 1 aliphatic heterocycles. The van der Waals surface area contributed by atoms with Crippen molar-refractivity contribution in [3.8, 4) is 0 Å². The van der Waals surface area contributed by atoms with E-state index in [1.165, 1.54) is 0 Å². The molecule has 3 aromatic rings. The molecule has 1 unspecified atom stereocenters. The van der Waals surface area contributed by atoms with Crippen LogP contribution in [0.4, 0.5) is 5.82 Å². The molecule has 2 amide bonds. The fourth-order valence-electron chi connectivity index (χ4n) is 4.05. The van der Waals surface area contributed by atoms with Crippen LogP contribution >= 0.6 is 0 Å². The Morgan fingerprint density at radius 3 is 2.83 bits per heavy atom. The predicted octanol–water partition coefficient (Wildman–Crippen LogP) is 3.53. The molecule has 0 spiro atoms. The zero-order chi connectivity index (χ0) is 20.4. The quantitative estimate of drug-likeness (QED) is 0.741. The second-order valence-corrected chi connectivity index (χ2v) is 7.77. The minimum atomic E-state index is -0.211. The first kappa shape index (κ1) is 19.2. The van der Waals surface area contributed by atoms with Crippen molar-refractivity contribution in [2.45, 2.75) is 33.2 Å². The number of hydrogen-bond donors (Lipinski definition) is 1. The van der Waals surface area contributed by atoms with Gasteiger partial charge in [0.25, 0.3) is 0 Å². The first-order valence-corrected chi connectivity index (χ1v) is 10.1. The van der Waals surface area contributed by atoms with E-state index in [2.05, 4.69) is 27.0 Å². The van der Waals surface area contributed by atoms with Gasteiger partial charge in [-0.2, -0.15) is 0 Å². The molecule has 29 heavy (non-hydrogen) atoms. The van der Waals surface area contributed by atoms with Crippen molar-refractivity contribution >= 4 is 28.5 Å². The van der Waals surface area contributed by atoms with Gasteiger partial charge in [0.2, 0.25) is 11.8 Å². The highest BCUT2D eigenvalue weighted by molar-refractivity contribution is 5.93. The lowest BCUT2D eigenvalue weighted by Gasteiger charge is -2.32. The summed E-state index contributed by atoms with van der Waals surface area (Å²) in [4.78, 5) is 31.8. The molecule has 150 valence electrons. The third kappa shape index (κ3) is 4.01. The number of likely N-dealkylation sites (tertiary alicyclic amines) is 1. The first-order chi connectivity index (χ1) is 14.0. The van der Waals surface area contributed by atoms with Crippen molar-refractivity contribution in [2.24, 2.45) is 5.92 Å². The molecule has 1 saturated heterocycles. The summed E-state index contributed by atoms with van der Waals surface area (Å²) >= 11 is 0. The first-order valence-electron chi connectivity index (χ1n) is 10.1. The van der Waals surface area contributed by atoms with Gasteiger partial charge >= 0.3 is 0 Å². The molecule has 0 aliphatic carbocycles. The fourth-order valence-corrected chi connectivity index (χ4v) is 4.05. The van der Waals surface area contributed by atoms with Crippen molar-refractivity contribution in [3.63, 3.8) is 0 Å². The Labute approximate surface area is 170 Å². The van der Waals surface area contributed by atoms with Crippen LogP contribution in [0.25, 0.3) is 10.9 Å². The van der Waals surface area contributed by atoms with Crippen molar-refractivity contribution in [3.05, 3.63) is 59.9 Å². The van der Waals surface area contributed by atoms with Gasteiger partial charge in [-0.25, -0.2) is 4.98 Å². The number of piperidine rings is 1. The molecule has 3 heterocycles. The summed E-state index contributed by atoms with van der Waals surface area (Å²) in [5.41, 5.74) is 3.06. The Kier molecular flexibility index (Phi) is 5.34. The smallest absolute Gasteiger partial charge is 0.242 e. The Morgan fingerprint density at radius 2 is 2.00 bits per heavy atom. The third-order valence-corrected chi connectivity index (χ3v) is 5.71. The van der Waals surface area contributed by atoms with Crippen LogP contribution in [0.2, 0.25) is 0 Å². The molecule has 2 aromatic heterocycles. The average molecular weight is 390 g/mol. The summed E-state index contributed by atoms with van der Waals surface area (Å²) in [5, 5.41) is 4.06. The van der Waals surface area contributed by atoms with Gasteiger partial charge in [0.1, 0.15) is 12.4 Å². The monoisotopic (exact) mass is 390 g/mol. The van der Waals surface area contributed by atoms with E-state index in [4.69, 9.17) is 0 Å². The number of carbonyl (C=O) groups is 2. The van der Waals surface area contributed by atoms with Gasteiger partial charge in [0, 0.05) is 30.5 Å². The van der Waals surface area contributed by atoms with E-state index in [-0.39, 0.29) is 17.7 Å². The van der Waals surface area contributed by atoms with Crippen molar-refractivity contribution in [1.82, 2.24) is 14.5 Å². The molecule has 0 saturated carbocycles. The highest BCUT2D eigenvalue weighted by Gasteiger charge is 2.29. The van der Waals surface area contributed by atoms with E-state index in [0.29, 0.717) is 25.5 Å². The Balaban J connectivity index is 1.44. The van der Waals surface area contributed by atoms with Gasteiger partial charge in [0.15, 0.2) is 0 Å². The lowest BCUT2D eigenvalue weighted by Crippen LogP contribution is -2.45. The van der Waals surface area contributed by atoms with Crippen LogP contribution in [-0.2, 0) is 16.1 Å². The maximum absolute atomic E-state index is 13.0. The van der Waals surface area contributed by atoms with Crippen LogP contribution < -0.4 is 5.32 Å². The maximum Gasteiger partial charge on any atom is 0.242 e. The predicted molar refractivity (Wildman–Crippen MR) is 114 cm³/mol. The maximum atomic E-state index is 13.0. The molecular weight excluding hydrogens is 364 g/mol. The van der Waals surface area contributed by atoms with Crippen LogP contribution in [0.3, 0.4) is 0 Å². The van der Waals surface area contributed by atoms with Gasteiger partial charge in [-0.15, -0.1) is 0 Å². The van der Waals surface area contributed by atoms with E-state index in [1.54, 1.807) is 6.20 Å². The molecule has 1 atom stereocenters. The summed E-state index contributed by atoms with van der Waals surface area (Å²) in [7, 11) is 0. The zero-order valence-corrected chi connectivity index (χ0v) is 16.9. The summed E-state index contributed by atoms with van der Waals surface area (Å²) < 4.78 is 2.05. The summed E-state index contributed by atoms with van der Waals surface area (Å²) in [6.07, 6.45) is 3.28. The second-order valence-electron chi connectivity index (χ2n) is 7.77. The lowest BCUT2D eigenvalue weighted by molar-refractivity contribution is -0.135. The number of rotatable bonds is 4. The molecule has 1 fully saturated rings. The molecule has 4 rings (SSSR count). The highest BCUT2D eigenvalue weighted by Crippen LogP contribution is 2.22. The molecule has 1 aromatic carbocycles. The number of hydrogen-bond acceptors (Lipinski definition) is 3. The number of amides is 2. The number of nitrogens with zero attached hydrogens (tertiary/aromatic N) is 3. The number of aryl methyl sites for hydroxylation is 2. The van der Waals surface area contributed by atoms with Gasteiger partial charge in [-0.1, -0.05) is 24.3 Å². The number of fused-ring (bicyclic) bond motifs is 1. The molecule has 0 bridgehead atoms. The molecular formula is C23H26N4O2. The van der Waals surface area contributed by atoms with Crippen LogP contribution in [0.15, 0.2) is 48.7 Å². The summed E-state index contributed by atoms with van der Waals surface area (Å²) in [6, 6.07) is 14.0. The van der Waals surface area contributed by atoms with Crippen molar-refractivity contribution in [1.29, 1.82) is 0 Å². The summed E-state index contributed by atoms with van der Waals surface area (Å²) in [5.74, 6) is 0.375. The number of para-hydroxylation sites is 1. The zero-order valence-electron chi connectivity index (χ0n) is 16.9. The highest BCUT2D eigenvalue weighted by atomic mass is 16.2. The number of benzene rings is 1. The molecule has 6 heteroatoms. The molecule has 1 N–H and O–H groups in total. The number of aromatic nitrogens is 2. The number of pyridine rings is 1. The van der Waals surface area contributed by atoms with E-state index in [0.717, 1.165) is 35.0 Å². The Morgan fingerprint density at radius 1 is 1.17 bits per heavy atom. The summed E-state index contributed by atoms with van der Waals surface area (Å²) in [6.45, 7) is 5.39. The van der Waals surface area contributed by atoms with Crippen LogP contribution in [0, 0.1) is 19.8 Å². The standard InChI is InChI=1S/C23H26N4O2/c1-16-7-5-11-24-22(16)25-23(29)19-9-6-12-26(14-19)21(28)15-27-17(2)13-18-8-3-4-10-20(18)27/h3-5,7-8,10-11,13,19H,6,9,12,14-15H2,1-2H3,(H,24,25,29). The largest absolute Gasteiger partial charge is 0.340 e. The fraction of sp³-hybridized carbons (Fsp3) is 0.348. The van der Waals surface area contributed by atoms with Crippen LogP contribution in [0.1, 0.15) is 24.1 Å². The van der Waals surface area contributed by atoms with E-state index >= 15 is 0 Å². The Bertz CT molecular complexity index is 1060. The minimum absolute atomic E-state index is 0.0565. The van der Waals surface area contributed by atoms with Crippen molar-refractivity contribution < 1.29 is 9.59 Å². The normalized spacial score (nSPS) is 16.8. The molecule has 0 radical (unpaired) electrons. The van der Waals surface area contributed by atoms with Crippen molar-refractivity contribution in [2.75, 3.05) is 18.4 Å². The number of anilines is 1. The minimum Gasteiger partial charge on any atom is -0.340 e. The number of carbonyl (C=O) groups excluding carboxylic acids is 2. The lowest BCUT2D eigenvalue weighted by atomic mass is 9.97. The van der Waals surface area contributed by atoms with Crippen LogP contribution in [-0.4, -0.2) is 39.4 Å². The van der Waals surface area contributed by atoms with Gasteiger partial charge in [-0.3, -0.25) is 9.59 Å². The second kappa shape index (κ2) is 8.07. The topological polar surface area (TPSA) is 67.2 Å². The molecule has 6 nitrogen and oxygen atoms in total. The van der Waals surface area contributed by atoms with E-state index < -0.39 is 0 Å². The SMILES string of the molecule is Cc1cccnc1NC(=O)C1CCCN(C(=O)Cn2c(C)cc3ccccc32)C1. The van der Waals surface area contributed by atoms with Gasteiger partial charge in [0.05, 0.1) is 5.92 Å². The third-order valence-electron chi connectivity index (χ3n) is 5.71.